The zero-order valence-corrected chi connectivity index (χ0v) is 25.2. The highest BCUT2D eigenvalue weighted by atomic mass is 79.9. The maximum Gasteiger partial charge on any atom is 0.271 e. The van der Waals surface area contributed by atoms with Crippen molar-refractivity contribution in [1.29, 1.82) is 0 Å². The lowest BCUT2D eigenvalue weighted by molar-refractivity contribution is -0.384. The first-order valence-electron chi connectivity index (χ1n) is 14.5. The number of halogens is 1. The predicted molar refractivity (Wildman–Crippen MR) is 167 cm³/mol. The fourth-order valence-electron chi connectivity index (χ4n) is 6.88. The van der Waals surface area contributed by atoms with Crippen molar-refractivity contribution < 1.29 is 24.4 Å². The van der Waals surface area contributed by atoms with Gasteiger partial charge in [-0.2, -0.15) is 0 Å². The van der Waals surface area contributed by atoms with E-state index in [-0.39, 0.29) is 41.0 Å². The van der Waals surface area contributed by atoms with Gasteiger partial charge in [0.25, 0.3) is 5.69 Å². The Hall–Kier alpha value is -4.08. The van der Waals surface area contributed by atoms with Crippen LogP contribution in [0.1, 0.15) is 43.7 Å². The number of nitro benzene ring substituents is 1. The summed E-state index contributed by atoms with van der Waals surface area (Å²) < 4.78 is 7.25. The summed E-state index contributed by atoms with van der Waals surface area (Å²) in [5, 5.41) is 21.9. The zero-order valence-electron chi connectivity index (χ0n) is 23.6. The van der Waals surface area contributed by atoms with Gasteiger partial charge in [0, 0.05) is 28.1 Å². The Balaban J connectivity index is 1.28. The summed E-state index contributed by atoms with van der Waals surface area (Å²) in [4.78, 5) is 39.4. The van der Waals surface area contributed by atoms with E-state index < -0.39 is 16.8 Å². The van der Waals surface area contributed by atoms with Crippen LogP contribution >= 0.6 is 15.9 Å². The van der Waals surface area contributed by atoms with Gasteiger partial charge in [-0.25, -0.2) is 4.90 Å². The summed E-state index contributed by atoms with van der Waals surface area (Å²) >= 11 is 3.50. The predicted octanol–water partition coefficient (Wildman–Crippen LogP) is 7.31. The van der Waals surface area contributed by atoms with Crippen molar-refractivity contribution >= 4 is 50.8 Å². The standard InChI is InChI=1S/C34H31BrN2O6/c1-2-20-17-27-32(34(40)36(33(27)39)25-9-6-10-26(18-25)37(41)42)28-19-43-30(31(20)28)14-11-22(21-7-4-3-5-8-21)15-23-16-24(35)12-13-29(23)38/h3-10,12-13,15-16,18,27-28,30,32,38H,2,11,14,17,19H2,1H3/b22-15-/t27-,28+,30-,32-/m1/s1. The average molecular weight is 644 g/mol. The minimum Gasteiger partial charge on any atom is -0.507 e. The zero-order chi connectivity index (χ0) is 30.2. The number of carbonyl (C=O) groups excluding carboxylic acids is 2. The lowest BCUT2D eigenvalue weighted by atomic mass is 9.69. The number of phenolic OH excluding ortho intramolecular Hbond substituents is 1. The van der Waals surface area contributed by atoms with Gasteiger partial charge < -0.3 is 9.84 Å². The Morgan fingerprint density at radius 1 is 1.07 bits per heavy atom. The first-order valence-corrected chi connectivity index (χ1v) is 15.3. The number of imide groups is 1. The molecule has 0 saturated carbocycles. The van der Waals surface area contributed by atoms with E-state index in [4.69, 9.17) is 4.74 Å². The molecule has 0 spiro atoms. The number of amides is 2. The van der Waals surface area contributed by atoms with Gasteiger partial charge in [0.05, 0.1) is 35.2 Å². The van der Waals surface area contributed by atoms with Gasteiger partial charge >= 0.3 is 0 Å². The third-order valence-corrected chi connectivity index (χ3v) is 9.37. The summed E-state index contributed by atoms with van der Waals surface area (Å²) in [6.45, 7) is 2.42. The molecule has 43 heavy (non-hydrogen) atoms. The molecule has 2 fully saturated rings. The summed E-state index contributed by atoms with van der Waals surface area (Å²) in [5.74, 6) is -1.68. The molecule has 3 aromatic carbocycles. The molecule has 2 aliphatic heterocycles. The number of benzene rings is 3. The summed E-state index contributed by atoms with van der Waals surface area (Å²) in [6, 6.07) is 21.1. The van der Waals surface area contributed by atoms with Crippen LogP contribution in [0.4, 0.5) is 11.4 Å². The van der Waals surface area contributed by atoms with E-state index >= 15 is 0 Å². The highest BCUT2D eigenvalue weighted by Crippen LogP contribution is 2.51. The average Bonchev–Trinajstić information content (AvgIpc) is 3.54. The fourth-order valence-corrected chi connectivity index (χ4v) is 7.26. The molecule has 3 aliphatic rings. The van der Waals surface area contributed by atoms with Gasteiger partial charge in [0.15, 0.2) is 0 Å². The summed E-state index contributed by atoms with van der Waals surface area (Å²) in [5.41, 5.74) is 5.18. The fraction of sp³-hybridized carbons (Fsp3) is 0.294. The second-order valence-corrected chi connectivity index (χ2v) is 12.2. The number of allylic oxidation sites excluding steroid dienone is 2. The summed E-state index contributed by atoms with van der Waals surface area (Å²) in [6.07, 6.45) is 4.40. The first kappa shape index (κ1) is 29.0. The van der Waals surface area contributed by atoms with Crippen LogP contribution in [-0.4, -0.2) is 34.6 Å². The molecule has 220 valence electrons. The molecular weight excluding hydrogens is 612 g/mol. The third-order valence-electron chi connectivity index (χ3n) is 8.87. The maximum atomic E-state index is 13.8. The van der Waals surface area contributed by atoms with Crippen molar-refractivity contribution in [2.24, 2.45) is 17.8 Å². The molecule has 1 N–H and O–H groups in total. The molecule has 3 aromatic rings. The molecule has 8 nitrogen and oxygen atoms in total. The number of nitro groups is 1. The quantitative estimate of drug-likeness (QED) is 0.0906. The Morgan fingerprint density at radius 2 is 1.86 bits per heavy atom. The number of ether oxygens (including phenoxy) is 1. The minimum atomic E-state index is -0.551. The van der Waals surface area contributed by atoms with E-state index in [1.54, 1.807) is 18.2 Å². The SMILES string of the molecule is CCC1=C2[C@@H](CC/C(=C/c3cc(Br)ccc3O)c3ccccc3)OC[C@@H]2[C@@H]2C(=O)N(c3cccc([N+](=O)[O-])c3)C(=O)[C@@H]2C1. The van der Waals surface area contributed by atoms with Gasteiger partial charge in [0.1, 0.15) is 5.75 Å². The van der Waals surface area contributed by atoms with Crippen LogP contribution in [0.2, 0.25) is 0 Å². The number of phenols is 1. The lowest BCUT2D eigenvalue weighted by Crippen LogP contribution is -2.34. The number of hydrogen-bond acceptors (Lipinski definition) is 6. The van der Waals surface area contributed by atoms with Crippen LogP contribution in [0.25, 0.3) is 11.6 Å². The molecular formula is C34H31BrN2O6. The molecule has 0 unspecified atom stereocenters. The van der Waals surface area contributed by atoms with Crippen LogP contribution in [0, 0.1) is 27.9 Å². The number of carbonyl (C=O) groups is 2. The van der Waals surface area contributed by atoms with Gasteiger partial charge in [-0.1, -0.05) is 64.8 Å². The monoisotopic (exact) mass is 642 g/mol. The molecule has 6 rings (SSSR count). The maximum absolute atomic E-state index is 13.8. The minimum absolute atomic E-state index is 0.163. The largest absolute Gasteiger partial charge is 0.507 e. The Labute approximate surface area is 257 Å². The Morgan fingerprint density at radius 3 is 2.60 bits per heavy atom. The van der Waals surface area contributed by atoms with Gasteiger partial charge in [-0.15, -0.1) is 0 Å². The number of non-ortho nitro benzene ring substituents is 1. The highest BCUT2D eigenvalue weighted by Gasteiger charge is 2.57. The second-order valence-electron chi connectivity index (χ2n) is 11.2. The van der Waals surface area contributed by atoms with E-state index in [1.807, 2.05) is 42.5 Å². The highest BCUT2D eigenvalue weighted by molar-refractivity contribution is 9.10. The van der Waals surface area contributed by atoms with Crippen LogP contribution in [-0.2, 0) is 14.3 Å². The van der Waals surface area contributed by atoms with Crippen LogP contribution in [0.5, 0.6) is 5.75 Å². The molecule has 0 radical (unpaired) electrons. The molecule has 9 heteroatoms. The van der Waals surface area contributed by atoms with Crippen molar-refractivity contribution in [3.63, 3.8) is 0 Å². The van der Waals surface area contributed by atoms with Crippen LogP contribution < -0.4 is 4.90 Å². The van der Waals surface area contributed by atoms with Crippen molar-refractivity contribution in [2.75, 3.05) is 11.5 Å². The van der Waals surface area contributed by atoms with Gasteiger partial charge in [0.2, 0.25) is 11.8 Å². The van der Waals surface area contributed by atoms with Crippen molar-refractivity contribution in [3.05, 3.63) is 110 Å². The van der Waals surface area contributed by atoms with Gasteiger partial charge in [-0.05, 0) is 72.7 Å². The number of hydrogen-bond donors (Lipinski definition) is 1. The molecule has 2 heterocycles. The van der Waals surface area contributed by atoms with Crippen LogP contribution in [0.15, 0.2) is 88.4 Å². The molecule has 0 aromatic heterocycles. The van der Waals surface area contributed by atoms with E-state index in [0.29, 0.717) is 31.4 Å². The lowest BCUT2D eigenvalue weighted by Gasteiger charge is -2.31. The number of fused-ring (bicyclic) bond motifs is 3. The van der Waals surface area contributed by atoms with E-state index in [2.05, 4.69) is 22.9 Å². The first-order chi connectivity index (χ1) is 20.8. The van der Waals surface area contributed by atoms with Crippen molar-refractivity contribution in [3.8, 4) is 5.75 Å². The molecule has 2 saturated heterocycles. The molecule has 0 bridgehead atoms. The second kappa shape index (κ2) is 11.9. The van der Waals surface area contributed by atoms with Crippen LogP contribution in [0.3, 0.4) is 0 Å². The molecule has 2 amide bonds. The number of aromatic hydroxyl groups is 1. The number of nitrogens with zero attached hydrogens (tertiary/aromatic N) is 2. The number of rotatable bonds is 8. The van der Waals surface area contributed by atoms with Crippen molar-refractivity contribution in [2.45, 2.75) is 38.7 Å². The summed E-state index contributed by atoms with van der Waals surface area (Å²) in [7, 11) is 0. The Bertz CT molecular complexity index is 1670. The normalized spacial score (nSPS) is 23.5. The smallest absolute Gasteiger partial charge is 0.271 e. The van der Waals surface area contributed by atoms with Gasteiger partial charge in [-0.3, -0.25) is 19.7 Å². The van der Waals surface area contributed by atoms with E-state index in [1.165, 1.54) is 18.2 Å². The molecule has 4 atom stereocenters. The van der Waals surface area contributed by atoms with E-state index in [9.17, 15) is 24.8 Å². The number of anilines is 1. The Kier molecular flexibility index (Phi) is 8.03. The third kappa shape index (κ3) is 5.43. The topological polar surface area (TPSA) is 110 Å². The molecule has 1 aliphatic carbocycles. The van der Waals surface area contributed by atoms with Crippen molar-refractivity contribution in [1.82, 2.24) is 0 Å². The van der Waals surface area contributed by atoms with E-state index in [0.717, 1.165) is 38.1 Å².